The Morgan fingerprint density at radius 3 is 1.46 bits per heavy atom. The molecule has 0 spiro atoms. The molecule has 0 N–H and O–H groups in total. The molecule has 0 aliphatic heterocycles. The van der Waals surface area contributed by atoms with Crippen molar-refractivity contribution < 1.29 is 0 Å². The van der Waals surface area contributed by atoms with Crippen molar-refractivity contribution in [3.63, 3.8) is 0 Å². The zero-order chi connectivity index (χ0) is 19.3. The zero-order valence-corrected chi connectivity index (χ0v) is 16.4. The normalized spacial score (nSPS) is 11.9. The Hall–Kier alpha value is -3.44. The highest BCUT2D eigenvalue weighted by Crippen LogP contribution is 2.30. The van der Waals surface area contributed by atoms with E-state index in [4.69, 9.17) is 0 Å². The molecular formula is C24H14N2S2. The second-order valence-electron chi connectivity index (χ2n) is 6.08. The van der Waals surface area contributed by atoms with Gasteiger partial charge in [-0.25, -0.2) is 0 Å². The molecule has 0 saturated carbocycles. The van der Waals surface area contributed by atoms with Crippen molar-refractivity contribution in [2.75, 3.05) is 0 Å². The molecule has 4 heteroatoms. The monoisotopic (exact) mass is 394 g/mol. The number of rotatable bonds is 4. The third-order valence-corrected chi connectivity index (χ3v) is 6.21. The van der Waals surface area contributed by atoms with Crippen LogP contribution in [0.1, 0.15) is 20.9 Å². The van der Waals surface area contributed by atoms with Gasteiger partial charge in [-0.2, -0.15) is 10.5 Å². The van der Waals surface area contributed by atoms with Gasteiger partial charge in [0, 0.05) is 9.75 Å². The number of hydrogen-bond donors (Lipinski definition) is 0. The number of nitriles is 2. The van der Waals surface area contributed by atoms with Gasteiger partial charge in [-0.15, -0.1) is 22.7 Å². The molecule has 0 saturated heterocycles. The van der Waals surface area contributed by atoms with E-state index in [9.17, 15) is 10.5 Å². The second kappa shape index (κ2) is 8.06. The summed E-state index contributed by atoms with van der Waals surface area (Å²) in [5, 5.41) is 25.2. The van der Waals surface area contributed by atoms with Crippen LogP contribution in [-0.4, -0.2) is 0 Å². The summed E-state index contributed by atoms with van der Waals surface area (Å²) in [7, 11) is 0. The van der Waals surface area contributed by atoms with E-state index in [-0.39, 0.29) is 0 Å². The predicted molar refractivity (Wildman–Crippen MR) is 120 cm³/mol. The van der Waals surface area contributed by atoms with Crippen LogP contribution in [-0.2, 0) is 0 Å². The number of fused-ring (bicyclic) bond motifs is 1. The second-order valence-corrected chi connectivity index (χ2v) is 7.98. The minimum absolute atomic E-state index is 0.653. The van der Waals surface area contributed by atoms with Crippen molar-refractivity contribution in [2.45, 2.75) is 0 Å². The summed E-state index contributed by atoms with van der Waals surface area (Å²) in [5.74, 6) is 0. The SMILES string of the molecule is N#C/C(=C\c1ccc(/C=C(\C#N)c2cccs2)c2ccccc12)c1cccs1. The molecule has 28 heavy (non-hydrogen) atoms. The van der Waals surface area contributed by atoms with Crippen LogP contribution < -0.4 is 0 Å². The van der Waals surface area contributed by atoms with Gasteiger partial charge in [-0.05, 0) is 56.9 Å². The molecule has 4 aromatic rings. The van der Waals surface area contributed by atoms with Gasteiger partial charge >= 0.3 is 0 Å². The Kier molecular flexibility index (Phi) is 5.17. The highest BCUT2D eigenvalue weighted by molar-refractivity contribution is 7.11. The van der Waals surface area contributed by atoms with Gasteiger partial charge in [-0.1, -0.05) is 48.5 Å². The molecule has 2 heterocycles. The largest absolute Gasteiger partial charge is 0.192 e. The molecule has 0 radical (unpaired) electrons. The molecule has 0 atom stereocenters. The molecule has 132 valence electrons. The molecule has 2 aromatic heterocycles. The average Bonchev–Trinajstić information content (AvgIpc) is 3.45. The zero-order valence-electron chi connectivity index (χ0n) is 14.8. The van der Waals surface area contributed by atoms with Gasteiger partial charge in [-0.3, -0.25) is 0 Å². The summed E-state index contributed by atoms with van der Waals surface area (Å²) in [4.78, 5) is 1.92. The fourth-order valence-electron chi connectivity index (χ4n) is 3.09. The van der Waals surface area contributed by atoms with Crippen LogP contribution in [0.3, 0.4) is 0 Å². The fourth-order valence-corrected chi connectivity index (χ4v) is 4.47. The predicted octanol–water partition coefficient (Wildman–Crippen LogP) is 7.09. The number of benzene rings is 2. The van der Waals surface area contributed by atoms with Crippen LogP contribution in [0.5, 0.6) is 0 Å². The van der Waals surface area contributed by atoms with Crippen LogP contribution >= 0.6 is 22.7 Å². The van der Waals surface area contributed by atoms with E-state index >= 15 is 0 Å². The van der Waals surface area contributed by atoms with E-state index < -0.39 is 0 Å². The van der Waals surface area contributed by atoms with Crippen molar-refractivity contribution in [3.05, 3.63) is 92.3 Å². The fraction of sp³-hybridized carbons (Fsp3) is 0. The smallest absolute Gasteiger partial charge is 0.101 e. The summed E-state index contributed by atoms with van der Waals surface area (Å²) in [6.45, 7) is 0. The van der Waals surface area contributed by atoms with Gasteiger partial charge in [0.05, 0.1) is 11.1 Å². The number of allylic oxidation sites excluding steroid dienone is 2. The van der Waals surface area contributed by atoms with Crippen LogP contribution in [0.15, 0.2) is 71.4 Å². The molecule has 0 unspecified atom stereocenters. The maximum absolute atomic E-state index is 9.59. The number of thiophene rings is 2. The third-order valence-electron chi connectivity index (χ3n) is 4.41. The lowest BCUT2D eigenvalue weighted by atomic mass is 9.96. The van der Waals surface area contributed by atoms with Gasteiger partial charge in [0.2, 0.25) is 0 Å². The molecule has 0 aliphatic carbocycles. The van der Waals surface area contributed by atoms with Crippen LogP contribution in [0.25, 0.3) is 34.1 Å². The minimum atomic E-state index is 0.653. The Bertz CT molecular complexity index is 1160. The Labute approximate surface area is 171 Å². The maximum Gasteiger partial charge on any atom is 0.101 e. The summed E-state index contributed by atoms with van der Waals surface area (Å²) < 4.78 is 0. The van der Waals surface area contributed by atoms with Gasteiger partial charge < -0.3 is 0 Å². The van der Waals surface area contributed by atoms with E-state index in [1.807, 2.05) is 71.4 Å². The lowest BCUT2D eigenvalue weighted by Crippen LogP contribution is -1.86. The number of nitrogens with zero attached hydrogens (tertiary/aromatic N) is 2. The first kappa shape index (κ1) is 17.9. The maximum atomic E-state index is 9.59. The Morgan fingerprint density at radius 2 is 1.11 bits per heavy atom. The van der Waals surface area contributed by atoms with Crippen LogP contribution in [0.2, 0.25) is 0 Å². The van der Waals surface area contributed by atoms with Gasteiger partial charge in [0.1, 0.15) is 12.1 Å². The standard InChI is InChI=1S/C24H14N2S2/c25-15-19(23-7-3-11-27-23)13-17-9-10-18(22-6-2-1-5-21(17)22)14-20(16-26)24-8-4-12-28-24/h1-14H/b19-13+,20-14+. The van der Waals surface area contributed by atoms with Crippen molar-refractivity contribution >= 4 is 56.7 Å². The van der Waals surface area contributed by atoms with Crippen molar-refractivity contribution in [3.8, 4) is 12.1 Å². The van der Waals surface area contributed by atoms with Crippen molar-refractivity contribution in [2.24, 2.45) is 0 Å². The van der Waals surface area contributed by atoms with Crippen molar-refractivity contribution in [1.82, 2.24) is 0 Å². The molecule has 0 bridgehead atoms. The molecular weight excluding hydrogens is 380 g/mol. The first-order valence-corrected chi connectivity index (χ1v) is 10.4. The number of hydrogen-bond acceptors (Lipinski definition) is 4. The van der Waals surface area contributed by atoms with Gasteiger partial charge in [0.25, 0.3) is 0 Å². The molecule has 2 aromatic carbocycles. The van der Waals surface area contributed by atoms with Crippen LogP contribution in [0, 0.1) is 22.7 Å². The van der Waals surface area contributed by atoms with E-state index in [2.05, 4.69) is 24.3 Å². The molecule has 0 aliphatic rings. The summed E-state index contributed by atoms with van der Waals surface area (Å²) >= 11 is 3.12. The Balaban J connectivity index is 1.87. The molecule has 0 amide bonds. The average molecular weight is 395 g/mol. The molecule has 4 rings (SSSR count). The highest BCUT2D eigenvalue weighted by atomic mass is 32.1. The third kappa shape index (κ3) is 3.52. The first-order valence-electron chi connectivity index (χ1n) is 8.63. The van der Waals surface area contributed by atoms with E-state index in [1.165, 1.54) is 0 Å². The topological polar surface area (TPSA) is 47.6 Å². The Morgan fingerprint density at radius 1 is 0.643 bits per heavy atom. The van der Waals surface area contributed by atoms with E-state index in [1.54, 1.807) is 22.7 Å². The molecule has 2 nitrogen and oxygen atoms in total. The first-order chi connectivity index (χ1) is 13.8. The van der Waals surface area contributed by atoms with Crippen LogP contribution in [0.4, 0.5) is 0 Å². The quantitative estimate of drug-likeness (QED) is 0.347. The minimum Gasteiger partial charge on any atom is -0.192 e. The summed E-state index contributed by atoms with van der Waals surface area (Å²) in [5.41, 5.74) is 3.29. The highest BCUT2D eigenvalue weighted by Gasteiger charge is 2.08. The lowest BCUT2D eigenvalue weighted by Gasteiger charge is -2.08. The van der Waals surface area contributed by atoms with Crippen molar-refractivity contribution in [1.29, 1.82) is 10.5 Å². The lowest BCUT2D eigenvalue weighted by molar-refractivity contribution is 1.54. The summed E-state index contributed by atoms with van der Waals surface area (Å²) in [6.07, 6.45) is 3.87. The molecule has 0 fully saturated rings. The van der Waals surface area contributed by atoms with Gasteiger partial charge in [0.15, 0.2) is 0 Å². The summed E-state index contributed by atoms with van der Waals surface area (Å²) in [6, 6.07) is 24.6. The van der Waals surface area contributed by atoms with E-state index in [0.29, 0.717) is 11.1 Å². The van der Waals surface area contributed by atoms with E-state index in [0.717, 1.165) is 31.7 Å².